The molecule has 0 saturated carbocycles. The summed E-state index contributed by atoms with van der Waals surface area (Å²) in [6.07, 6.45) is 0.234. The molecule has 0 aliphatic carbocycles. The molecule has 6 nitrogen and oxygen atoms in total. The minimum absolute atomic E-state index is 0.0106. The van der Waals surface area contributed by atoms with Crippen molar-refractivity contribution in [3.63, 3.8) is 0 Å². The zero-order valence-electron chi connectivity index (χ0n) is 15.8. The highest BCUT2D eigenvalue weighted by Crippen LogP contribution is 2.38. The van der Waals surface area contributed by atoms with Crippen LogP contribution in [0, 0.1) is 0 Å². The third-order valence-electron chi connectivity index (χ3n) is 4.22. The summed E-state index contributed by atoms with van der Waals surface area (Å²) in [6.45, 7) is 0.475. The van der Waals surface area contributed by atoms with Gasteiger partial charge in [-0.05, 0) is 29.8 Å². The van der Waals surface area contributed by atoms with Crippen LogP contribution < -0.4 is 14.2 Å². The van der Waals surface area contributed by atoms with Crippen LogP contribution in [0.15, 0.2) is 36.4 Å². The number of benzene rings is 2. The Hall–Kier alpha value is -2.80. The molecule has 1 aromatic heterocycles. The van der Waals surface area contributed by atoms with Gasteiger partial charge in [-0.2, -0.15) is 0 Å². The molecule has 27 heavy (non-hydrogen) atoms. The summed E-state index contributed by atoms with van der Waals surface area (Å²) in [6, 6.07) is 11.6. The Balaban J connectivity index is 1.74. The van der Waals surface area contributed by atoms with Crippen molar-refractivity contribution in [2.45, 2.75) is 13.0 Å². The number of carbonyl (C=O) groups is 1. The summed E-state index contributed by atoms with van der Waals surface area (Å²) >= 11 is 1.60. The van der Waals surface area contributed by atoms with Crippen molar-refractivity contribution in [3.05, 3.63) is 47.0 Å². The molecule has 2 aromatic carbocycles. The van der Waals surface area contributed by atoms with Gasteiger partial charge in [0.25, 0.3) is 0 Å². The molecular formula is C20H22N2O4S. The molecule has 0 aliphatic rings. The van der Waals surface area contributed by atoms with Gasteiger partial charge < -0.3 is 19.1 Å². The molecule has 0 atom stereocenters. The lowest BCUT2D eigenvalue weighted by atomic mass is 10.1. The van der Waals surface area contributed by atoms with E-state index < -0.39 is 0 Å². The number of nitrogens with zero attached hydrogens (tertiary/aromatic N) is 2. The molecule has 142 valence electrons. The highest BCUT2D eigenvalue weighted by molar-refractivity contribution is 7.18. The number of para-hydroxylation sites is 1. The van der Waals surface area contributed by atoms with E-state index in [2.05, 4.69) is 4.98 Å². The number of likely N-dealkylation sites (N-methyl/N-ethyl adjacent to an activating group) is 1. The molecule has 0 bridgehead atoms. The maximum atomic E-state index is 12.7. The van der Waals surface area contributed by atoms with Crippen LogP contribution in [0.5, 0.6) is 17.2 Å². The third kappa shape index (κ3) is 4.14. The van der Waals surface area contributed by atoms with Gasteiger partial charge in [-0.15, -0.1) is 11.3 Å². The number of thiazole rings is 1. The molecule has 3 aromatic rings. The summed E-state index contributed by atoms with van der Waals surface area (Å²) in [7, 11) is 6.45. The molecule has 0 aliphatic heterocycles. The Labute approximate surface area is 162 Å². The van der Waals surface area contributed by atoms with Crippen LogP contribution in [0.1, 0.15) is 10.6 Å². The van der Waals surface area contributed by atoms with Gasteiger partial charge in [0.1, 0.15) is 5.01 Å². The van der Waals surface area contributed by atoms with Crippen LogP contribution in [-0.2, 0) is 17.8 Å². The maximum absolute atomic E-state index is 12.7. The van der Waals surface area contributed by atoms with Crippen LogP contribution in [0.3, 0.4) is 0 Å². The van der Waals surface area contributed by atoms with E-state index in [0.717, 1.165) is 20.8 Å². The van der Waals surface area contributed by atoms with E-state index in [0.29, 0.717) is 23.8 Å². The Kier molecular flexibility index (Phi) is 5.81. The van der Waals surface area contributed by atoms with Gasteiger partial charge >= 0.3 is 0 Å². The van der Waals surface area contributed by atoms with Crippen LogP contribution in [0.4, 0.5) is 0 Å². The number of fused-ring (bicyclic) bond motifs is 1. The maximum Gasteiger partial charge on any atom is 0.227 e. The summed E-state index contributed by atoms with van der Waals surface area (Å²) in [5, 5.41) is 0.914. The van der Waals surface area contributed by atoms with E-state index in [1.54, 1.807) is 56.7 Å². The summed E-state index contributed by atoms with van der Waals surface area (Å²) in [4.78, 5) is 18.9. The first-order valence-electron chi connectivity index (χ1n) is 8.43. The van der Waals surface area contributed by atoms with Crippen molar-refractivity contribution in [2.75, 3.05) is 28.4 Å². The van der Waals surface area contributed by atoms with Gasteiger partial charge in [-0.1, -0.05) is 12.1 Å². The molecule has 0 spiro atoms. The van der Waals surface area contributed by atoms with Crippen LogP contribution in [0.25, 0.3) is 10.2 Å². The number of hydrogen-bond donors (Lipinski definition) is 0. The lowest BCUT2D eigenvalue weighted by molar-refractivity contribution is -0.129. The van der Waals surface area contributed by atoms with E-state index in [1.807, 2.05) is 24.3 Å². The van der Waals surface area contributed by atoms with Crippen molar-refractivity contribution < 1.29 is 19.0 Å². The number of rotatable bonds is 7. The first-order valence-corrected chi connectivity index (χ1v) is 9.24. The monoisotopic (exact) mass is 386 g/mol. The van der Waals surface area contributed by atoms with Crippen LogP contribution in [-0.4, -0.2) is 44.2 Å². The first kappa shape index (κ1) is 19.0. The van der Waals surface area contributed by atoms with Gasteiger partial charge in [0.05, 0.1) is 44.5 Å². The molecule has 0 fully saturated rings. The van der Waals surface area contributed by atoms with Crippen molar-refractivity contribution in [1.82, 2.24) is 9.88 Å². The molecule has 1 heterocycles. The number of carbonyl (C=O) groups excluding carboxylic acids is 1. The predicted molar refractivity (Wildman–Crippen MR) is 106 cm³/mol. The second-order valence-electron chi connectivity index (χ2n) is 6.04. The molecule has 0 saturated heterocycles. The lowest BCUT2D eigenvalue weighted by Crippen LogP contribution is -2.27. The molecule has 0 unspecified atom stereocenters. The molecular weight excluding hydrogens is 364 g/mol. The summed E-state index contributed by atoms with van der Waals surface area (Å²) in [5.41, 5.74) is 1.76. The van der Waals surface area contributed by atoms with E-state index in [-0.39, 0.29) is 12.3 Å². The average Bonchev–Trinajstić information content (AvgIpc) is 3.09. The Bertz CT molecular complexity index is 896. The number of amides is 1. The highest BCUT2D eigenvalue weighted by Gasteiger charge is 2.17. The van der Waals surface area contributed by atoms with Gasteiger partial charge in [-0.25, -0.2) is 4.98 Å². The quantitative estimate of drug-likeness (QED) is 0.622. The van der Waals surface area contributed by atoms with Gasteiger partial charge in [0.15, 0.2) is 11.5 Å². The van der Waals surface area contributed by atoms with E-state index in [9.17, 15) is 4.79 Å². The topological polar surface area (TPSA) is 60.9 Å². The Morgan fingerprint density at radius 3 is 2.33 bits per heavy atom. The number of methoxy groups -OCH3 is 3. The lowest BCUT2D eigenvalue weighted by Gasteiger charge is -2.17. The number of hydrogen-bond acceptors (Lipinski definition) is 6. The summed E-state index contributed by atoms with van der Waals surface area (Å²) < 4.78 is 17.1. The Morgan fingerprint density at radius 2 is 1.74 bits per heavy atom. The smallest absolute Gasteiger partial charge is 0.227 e. The fraction of sp³-hybridized carbons (Fsp3) is 0.300. The zero-order chi connectivity index (χ0) is 19.4. The number of ether oxygens (including phenoxy) is 3. The minimum atomic E-state index is -0.0106. The fourth-order valence-corrected chi connectivity index (χ4v) is 3.85. The predicted octanol–water partition coefficient (Wildman–Crippen LogP) is 3.52. The summed E-state index contributed by atoms with van der Waals surface area (Å²) in [5.74, 6) is 1.57. The van der Waals surface area contributed by atoms with Crippen LogP contribution >= 0.6 is 11.3 Å². The Morgan fingerprint density at radius 1 is 1.07 bits per heavy atom. The molecule has 1 amide bonds. The molecule has 0 radical (unpaired) electrons. The van der Waals surface area contributed by atoms with E-state index >= 15 is 0 Å². The molecule has 0 N–H and O–H groups in total. The largest absolute Gasteiger partial charge is 0.493 e. The standard InChI is InChI=1S/C20H22N2O4S/c1-22(12-18-21-14-7-5-6-8-17(14)27-18)19(23)11-13-9-15(24-2)20(26-4)16(10-13)25-3/h5-10H,11-12H2,1-4H3. The fourth-order valence-electron chi connectivity index (χ4n) is 2.83. The van der Waals surface area contributed by atoms with Crippen molar-refractivity contribution in [3.8, 4) is 17.2 Å². The van der Waals surface area contributed by atoms with Gasteiger partial charge in [-0.3, -0.25) is 4.79 Å². The van der Waals surface area contributed by atoms with E-state index in [4.69, 9.17) is 14.2 Å². The first-order chi connectivity index (χ1) is 13.0. The van der Waals surface area contributed by atoms with Crippen molar-refractivity contribution in [2.24, 2.45) is 0 Å². The van der Waals surface area contributed by atoms with Crippen molar-refractivity contribution >= 4 is 27.5 Å². The van der Waals surface area contributed by atoms with E-state index in [1.165, 1.54) is 0 Å². The minimum Gasteiger partial charge on any atom is -0.493 e. The normalized spacial score (nSPS) is 10.7. The van der Waals surface area contributed by atoms with Crippen molar-refractivity contribution in [1.29, 1.82) is 0 Å². The molecule has 7 heteroatoms. The second kappa shape index (κ2) is 8.26. The van der Waals surface area contributed by atoms with Gasteiger partial charge in [0, 0.05) is 7.05 Å². The average molecular weight is 386 g/mol. The second-order valence-corrected chi connectivity index (χ2v) is 7.15. The SMILES string of the molecule is COc1cc(CC(=O)N(C)Cc2nc3ccccc3s2)cc(OC)c1OC. The third-order valence-corrected chi connectivity index (χ3v) is 5.24. The zero-order valence-corrected chi connectivity index (χ0v) is 16.6. The highest BCUT2D eigenvalue weighted by atomic mass is 32.1. The van der Waals surface area contributed by atoms with Gasteiger partial charge in [0.2, 0.25) is 11.7 Å². The van der Waals surface area contributed by atoms with Crippen LogP contribution in [0.2, 0.25) is 0 Å². The molecule has 3 rings (SSSR count). The number of aromatic nitrogens is 1.